The lowest BCUT2D eigenvalue weighted by molar-refractivity contribution is 0.610. The molecular formula is C15H16ClN3O2. The van der Waals surface area contributed by atoms with Crippen molar-refractivity contribution in [3.8, 4) is 0 Å². The van der Waals surface area contributed by atoms with Crippen molar-refractivity contribution in [1.82, 2.24) is 9.55 Å². The minimum absolute atomic E-state index is 0.0716. The highest BCUT2D eigenvalue weighted by molar-refractivity contribution is 6.30. The molecule has 0 aliphatic carbocycles. The van der Waals surface area contributed by atoms with Gasteiger partial charge in [0.25, 0.3) is 5.56 Å². The Morgan fingerprint density at radius 2 is 2.00 bits per heavy atom. The number of hydrogen-bond acceptors (Lipinski definition) is 3. The first kappa shape index (κ1) is 13.9. The molecule has 2 heterocycles. The van der Waals surface area contributed by atoms with E-state index in [1.165, 1.54) is 4.57 Å². The number of benzene rings is 1. The van der Waals surface area contributed by atoms with Crippen LogP contribution in [0.4, 0.5) is 5.82 Å². The first-order valence-electron chi connectivity index (χ1n) is 6.98. The second-order valence-electron chi connectivity index (χ2n) is 5.12. The molecular weight excluding hydrogens is 290 g/mol. The van der Waals surface area contributed by atoms with Crippen molar-refractivity contribution >= 4 is 17.4 Å². The van der Waals surface area contributed by atoms with Crippen LogP contribution in [-0.4, -0.2) is 9.55 Å². The second kappa shape index (κ2) is 5.41. The Hall–Kier alpha value is -2.01. The molecule has 110 valence electrons. The van der Waals surface area contributed by atoms with E-state index in [1.807, 2.05) is 24.3 Å². The predicted molar refractivity (Wildman–Crippen MR) is 83.1 cm³/mol. The van der Waals surface area contributed by atoms with E-state index in [1.54, 1.807) is 6.92 Å². The zero-order chi connectivity index (χ0) is 15.0. The third-order valence-corrected chi connectivity index (χ3v) is 4.12. The molecule has 1 aromatic heterocycles. The van der Waals surface area contributed by atoms with Gasteiger partial charge >= 0.3 is 5.69 Å². The number of halogens is 1. The molecule has 0 bridgehead atoms. The minimum atomic E-state index is -0.370. The van der Waals surface area contributed by atoms with Crippen LogP contribution in [0.15, 0.2) is 33.9 Å². The monoisotopic (exact) mass is 305 g/mol. The molecule has 0 saturated carbocycles. The SMILES string of the molecule is CCn1c(=O)[nH]c2c(c1=O)CC[C@H](c1ccc(Cl)cc1)N2. The molecule has 1 aliphatic heterocycles. The molecule has 0 amide bonds. The summed E-state index contributed by atoms with van der Waals surface area (Å²) in [5.74, 6) is 0.543. The Balaban J connectivity index is 1.98. The van der Waals surface area contributed by atoms with Crippen LogP contribution in [0, 0.1) is 0 Å². The summed E-state index contributed by atoms with van der Waals surface area (Å²) >= 11 is 5.89. The van der Waals surface area contributed by atoms with Crippen LogP contribution < -0.4 is 16.6 Å². The molecule has 0 radical (unpaired) electrons. The number of fused-ring (bicyclic) bond motifs is 1. The van der Waals surface area contributed by atoms with Crippen LogP contribution in [0.1, 0.15) is 30.5 Å². The predicted octanol–water partition coefficient (Wildman–Crippen LogP) is 2.31. The van der Waals surface area contributed by atoms with E-state index in [-0.39, 0.29) is 17.3 Å². The lowest BCUT2D eigenvalue weighted by Gasteiger charge is -2.26. The molecule has 0 saturated heterocycles. The largest absolute Gasteiger partial charge is 0.364 e. The van der Waals surface area contributed by atoms with Gasteiger partial charge in [-0.2, -0.15) is 0 Å². The Morgan fingerprint density at radius 3 is 2.67 bits per heavy atom. The van der Waals surface area contributed by atoms with Gasteiger partial charge < -0.3 is 5.32 Å². The zero-order valence-corrected chi connectivity index (χ0v) is 12.4. The molecule has 5 nitrogen and oxygen atoms in total. The molecule has 1 aliphatic rings. The molecule has 3 rings (SSSR count). The maximum Gasteiger partial charge on any atom is 0.329 e. The summed E-state index contributed by atoms with van der Waals surface area (Å²) in [5.41, 5.74) is 1.18. The summed E-state index contributed by atoms with van der Waals surface area (Å²) in [6.07, 6.45) is 1.45. The maximum absolute atomic E-state index is 12.2. The van der Waals surface area contributed by atoms with E-state index in [2.05, 4.69) is 10.3 Å². The van der Waals surface area contributed by atoms with Gasteiger partial charge in [-0.1, -0.05) is 23.7 Å². The maximum atomic E-state index is 12.2. The van der Waals surface area contributed by atoms with Gasteiger partial charge in [-0.25, -0.2) is 4.79 Å². The standard InChI is InChI=1S/C15H16ClN3O2/c1-2-19-14(20)11-7-8-12(17-13(11)18-15(19)21)9-3-5-10(16)6-4-9/h3-6,12,17H,2,7-8H2,1H3,(H,18,21)/t12-/m1/s1. The van der Waals surface area contributed by atoms with Crippen LogP contribution in [0.3, 0.4) is 0 Å². The lowest BCUT2D eigenvalue weighted by atomic mass is 9.96. The topological polar surface area (TPSA) is 66.9 Å². The van der Waals surface area contributed by atoms with Crippen molar-refractivity contribution in [2.24, 2.45) is 0 Å². The van der Waals surface area contributed by atoms with E-state index in [4.69, 9.17) is 11.6 Å². The Bertz CT molecular complexity index is 777. The highest BCUT2D eigenvalue weighted by Gasteiger charge is 2.23. The molecule has 6 heteroatoms. The normalized spacial score (nSPS) is 17.1. The zero-order valence-electron chi connectivity index (χ0n) is 11.6. The van der Waals surface area contributed by atoms with E-state index in [0.29, 0.717) is 29.4 Å². The van der Waals surface area contributed by atoms with Crippen molar-refractivity contribution < 1.29 is 0 Å². The Morgan fingerprint density at radius 1 is 1.29 bits per heavy atom. The van der Waals surface area contributed by atoms with Crippen LogP contribution in [0.5, 0.6) is 0 Å². The van der Waals surface area contributed by atoms with Gasteiger partial charge in [0.1, 0.15) is 5.82 Å². The molecule has 0 unspecified atom stereocenters. The number of aromatic amines is 1. The molecule has 1 aromatic carbocycles. The fraction of sp³-hybridized carbons (Fsp3) is 0.333. The van der Waals surface area contributed by atoms with Gasteiger partial charge in [0.15, 0.2) is 0 Å². The Labute approximate surface area is 126 Å². The smallest absolute Gasteiger partial charge is 0.329 e. The third-order valence-electron chi connectivity index (χ3n) is 3.87. The first-order chi connectivity index (χ1) is 10.1. The third kappa shape index (κ3) is 2.49. The highest BCUT2D eigenvalue weighted by Crippen LogP contribution is 2.29. The average molecular weight is 306 g/mol. The number of nitrogens with zero attached hydrogens (tertiary/aromatic N) is 1. The average Bonchev–Trinajstić information content (AvgIpc) is 2.48. The summed E-state index contributed by atoms with van der Waals surface area (Å²) in [5, 5.41) is 3.94. The Kier molecular flexibility index (Phi) is 3.59. The fourth-order valence-corrected chi connectivity index (χ4v) is 2.86. The van der Waals surface area contributed by atoms with Gasteiger partial charge in [0, 0.05) is 11.6 Å². The van der Waals surface area contributed by atoms with E-state index >= 15 is 0 Å². The van der Waals surface area contributed by atoms with Crippen LogP contribution >= 0.6 is 11.6 Å². The summed E-state index contributed by atoms with van der Waals surface area (Å²) in [6, 6.07) is 7.66. The molecule has 2 N–H and O–H groups in total. The molecule has 1 atom stereocenters. The van der Waals surface area contributed by atoms with Gasteiger partial charge in [-0.05, 0) is 37.5 Å². The van der Waals surface area contributed by atoms with Crippen LogP contribution in [0.25, 0.3) is 0 Å². The van der Waals surface area contributed by atoms with Crippen LogP contribution in [0.2, 0.25) is 5.02 Å². The fourth-order valence-electron chi connectivity index (χ4n) is 2.73. The summed E-state index contributed by atoms with van der Waals surface area (Å²) in [4.78, 5) is 26.9. The van der Waals surface area contributed by atoms with Gasteiger partial charge in [0.05, 0.1) is 11.6 Å². The molecule has 0 fully saturated rings. The first-order valence-corrected chi connectivity index (χ1v) is 7.36. The van der Waals surface area contributed by atoms with Gasteiger partial charge in [-0.3, -0.25) is 14.3 Å². The lowest BCUT2D eigenvalue weighted by Crippen LogP contribution is -2.39. The van der Waals surface area contributed by atoms with Gasteiger partial charge in [-0.15, -0.1) is 0 Å². The van der Waals surface area contributed by atoms with Crippen molar-refractivity contribution in [2.75, 3.05) is 5.32 Å². The van der Waals surface area contributed by atoms with Crippen molar-refractivity contribution in [3.63, 3.8) is 0 Å². The molecule has 2 aromatic rings. The van der Waals surface area contributed by atoms with Crippen molar-refractivity contribution in [2.45, 2.75) is 32.4 Å². The van der Waals surface area contributed by atoms with E-state index in [0.717, 1.165) is 12.0 Å². The quantitative estimate of drug-likeness (QED) is 0.894. The second-order valence-corrected chi connectivity index (χ2v) is 5.56. The minimum Gasteiger partial charge on any atom is -0.364 e. The van der Waals surface area contributed by atoms with Crippen molar-refractivity contribution in [1.29, 1.82) is 0 Å². The number of anilines is 1. The number of H-pyrrole nitrogens is 1. The summed E-state index contributed by atoms with van der Waals surface area (Å²) in [6.45, 7) is 2.16. The van der Waals surface area contributed by atoms with E-state index < -0.39 is 0 Å². The molecule has 0 spiro atoms. The number of rotatable bonds is 2. The van der Waals surface area contributed by atoms with Crippen LogP contribution in [-0.2, 0) is 13.0 Å². The van der Waals surface area contributed by atoms with E-state index in [9.17, 15) is 9.59 Å². The van der Waals surface area contributed by atoms with Crippen molar-refractivity contribution in [3.05, 3.63) is 61.3 Å². The number of nitrogens with one attached hydrogen (secondary N) is 2. The van der Waals surface area contributed by atoms with Gasteiger partial charge in [0.2, 0.25) is 0 Å². The summed E-state index contributed by atoms with van der Waals surface area (Å²) in [7, 11) is 0. The molecule has 21 heavy (non-hydrogen) atoms. The summed E-state index contributed by atoms with van der Waals surface area (Å²) < 4.78 is 1.23. The number of hydrogen-bond donors (Lipinski definition) is 2. The number of aromatic nitrogens is 2. The highest BCUT2D eigenvalue weighted by atomic mass is 35.5.